The Morgan fingerprint density at radius 3 is 2.50 bits per heavy atom. The molecule has 104 valence electrons. The predicted octanol–water partition coefficient (Wildman–Crippen LogP) is 2.70. The van der Waals surface area contributed by atoms with Gasteiger partial charge >= 0.3 is 11.9 Å². The van der Waals surface area contributed by atoms with Crippen molar-refractivity contribution in [3.05, 3.63) is 0 Å². The molecule has 0 saturated heterocycles. The first-order valence-electron chi connectivity index (χ1n) is 6.99. The zero-order chi connectivity index (χ0) is 13.4. The van der Waals surface area contributed by atoms with E-state index in [-0.39, 0.29) is 17.9 Å². The van der Waals surface area contributed by atoms with Crippen LogP contribution in [0.2, 0.25) is 0 Å². The van der Waals surface area contributed by atoms with E-state index in [1.807, 2.05) is 13.8 Å². The van der Waals surface area contributed by atoms with E-state index in [1.165, 1.54) is 0 Å². The van der Waals surface area contributed by atoms with E-state index in [9.17, 15) is 9.59 Å². The second-order valence-electron chi connectivity index (χ2n) is 4.83. The molecule has 0 unspecified atom stereocenters. The molecule has 0 bridgehead atoms. The Balaban J connectivity index is 2.30. The van der Waals surface area contributed by atoms with Crippen LogP contribution in [-0.2, 0) is 19.1 Å². The summed E-state index contributed by atoms with van der Waals surface area (Å²) in [5.41, 5.74) is 0. The summed E-state index contributed by atoms with van der Waals surface area (Å²) in [6, 6.07) is 0. The SMILES string of the molecule is CCOC(=O)CC[C@@H]1CCC[C@@H](C(=O)OCC)C1. The van der Waals surface area contributed by atoms with Crippen LogP contribution in [0.1, 0.15) is 52.4 Å². The van der Waals surface area contributed by atoms with Crippen LogP contribution >= 0.6 is 0 Å². The quantitative estimate of drug-likeness (QED) is 0.686. The molecule has 4 nitrogen and oxygen atoms in total. The van der Waals surface area contributed by atoms with Gasteiger partial charge in [0.2, 0.25) is 0 Å². The highest BCUT2D eigenvalue weighted by atomic mass is 16.5. The summed E-state index contributed by atoms with van der Waals surface area (Å²) >= 11 is 0. The Bertz CT molecular complexity index is 275. The van der Waals surface area contributed by atoms with Gasteiger partial charge < -0.3 is 9.47 Å². The van der Waals surface area contributed by atoms with Crippen LogP contribution in [-0.4, -0.2) is 25.2 Å². The van der Waals surface area contributed by atoms with Gasteiger partial charge in [0, 0.05) is 6.42 Å². The van der Waals surface area contributed by atoms with Gasteiger partial charge in [-0.3, -0.25) is 9.59 Å². The predicted molar refractivity (Wildman–Crippen MR) is 67.9 cm³/mol. The maximum Gasteiger partial charge on any atom is 0.308 e. The number of carbonyl (C=O) groups excluding carboxylic acids is 2. The molecule has 0 spiro atoms. The molecule has 1 rings (SSSR count). The third-order valence-electron chi connectivity index (χ3n) is 3.46. The van der Waals surface area contributed by atoms with Crippen molar-refractivity contribution in [2.45, 2.75) is 52.4 Å². The third kappa shape index (κ3) is 5.07. The van der Waals surface area contributed by atoms with Crippen LogP contribution in [0.15, 0.2) is 0 Å². The Labute approximate surface area is 109 Å². The van der Waals surface area contributed by atoms with Gasteiger partial charge in [-0.2, -0.15) is 0 Å². The summed E-state index contributed by atoms with van der Waals surface area (Å²) in [6.07, 6.45) is 5.24. The third-order valence-corrected chi connectivity index (χ3v) is 3.46. The fraction of sp³-hybridized carbons (Fsp3) is 0.857. The van der Waals surface area contributed by atoms with Crippen LogP contribution in [0, 0.1) is 11.8 Å². The number of ether oxygens (including phenoxy) is 2. The first-order valence-corrected chi connectivity index (χ1v) is 6.99. The lowest BCUT2D eigenvalue weighted by atomic mass is 9.79. The van der Waals surface area contributed by atoms with Gasteiger partial charge in [-0.1, -0.05) is 12.8 Å². The van der Waals surface area contributed by atoms with Crippen molar-refractivity contribution in [1.82, 2.24) is 0 Å². The molecule has 0 aliphatic heterocycles. The molecular formula is C14H24O4. The van der Waals surface area contributed by atoms with E-state index in [4.69, 9.17) is 9.47 Å². The molecule has 0 radical (unpaired) electrons. The number of hydrogen-bond donors (Lipinski definition) is 0. The van der Waals surface area contributed by atoms with Gasteiger partial charge in [0.1, 0.15) is 0 Å². The van der Waals surface area contributed by atoms with Crippen molar-refractivity contribution in [1.29, 1.82) is 0 Å². The molecule has 4 heteroatoms. The molecule has 1 aliphatic carbocycles. The van der Waals surface area contributed by atoms with Crippen LogP contribution in [0.3, 0.4) is 0 Å². The molecule has 1 aliphatic rings. The zero-order valence-electron chi connectivity index (χ0n) is 11.4. The number of esters is 2. The van der Waals surface area contributed by atoms with Crippen molar-refractivity contribution in [3.63, 3.8) is 0 Å². The average Bonchev–Trinajstić information content (AvgIpc) is 2.37. The highest BCUT2D eigenvalue weighted by Crippen LogP contribution is 2.32. The monoisotopic (exact) mass is 256 g/mol. The van der Waals surface area contributed by atoms with Crippen LogP contribution in [0.25, 0.3) is 0 Å². The van der Waals surface area contributed by atoms with E-state index in [0.29, 0.717) is 25.6 Å². The first-order chi connectivity index (χ1) is 8.67. The van der Waals surface area contributed by atoms with Gasteiger partial charge in [0.25, 0.3) is 0 Å². The molecule has 2 atom stereocenters. The smallest absolute Gasteiger partial charge is 0.308 e. The summed E-state index contributed by atoms with van der Waals surface area (Å²) in [7, 11) is 0. The Hall–Kier alpha value is -1.06. The lowest BCUT2D eigenvalue weighted by Gasteiger charge is -2.27. The molecule has 0 aromatic carbocycles. The van der Waals surface area contributed by atoms with Crippen molar-refractivity contribution in [3.8, 4) is 0 Å². The molecule has 18 heavy (non-hydrogen) atoms. The van der Waals surface area contributed by atoms with Gasteiger partial charge in [-0.15, -0.1) is 0 Å². The topological polar surface area (TPSA) is 52.6 Å². The second-order valence-corrected chi connectivity index (χ2v) is 4.83. The normalized spacial score (nSPS) is 23.4. The molecule has 0 aromatic heterocycles. The molecule has 0 N–H and O–H groups in total. The Kier molecular flexibility index (Phi) is 6.76. The molecular weight excluding hydrogens is 232 g/mol. The van der Waals surface area contributed by atoms with Crippen molar-refractivity contribution < 1.29 is 19.1 Å². The second kappa shape index (κ2) is 8.11. The maximum atomic E-state index is 11.7. The van der Waals surface area contributed by atoms with Crippen LogP contribution in [0.5, 0.6) is 0 Å². The number of carbonyl (C=O) groups is 2. The van der Waals surface area contributed by atoms with E-state index in [0.717, 1.165) is 32.1 Å². The van der Waals surface area contributed by atoms with E-state index >= 15 is 0 Å². The summed E-state index contributed by atoms with van der Waals surface area (Å²) in [5.74, 6) is 0.289. The Morgan fingerprint density at radius 1 is 1.11 bits per heavy atom. The van der Waals surface area contributed by atoms with Gasteiger partial charge in [0.05, 0.1) is 19.1 Å². The highest BCUT2D eigenvalue weighted by Gasteiger charge is 2.28. The molecule has 1 fully saturated rings. The minimum absolute atomic E-state index is 0.0332. The summed E-state index contributed by atoms with van der Waals surface area (Å²) < 4.78 is 9.98. The molecule has 1 saturated carbocycles. The fourth-order valence-corrected chi connectivity index (χ4v) is 2.58. The minimum atomic E-state index is -0.129. The summed E-state index contributed by atoms with van der Waals surface area (Å²) in [6.45, 7) is 4.53. The van der Waals surface area contributed by atoms with Gasteiger partial charge in [-0.25, -0.2) is 0 Å². The fourth-order valence-electron chi connectivity index (χ4n) is 2.58. The van der Waals surface area contributed by atoms with E-state index in [2.05, 4.69) is 0 Å². The number of rotatable bonds is 6. The van der Waals surface area contributed by atoms with Gasteiger partial charge in [-0.05, 0) is 39.0 Å². The highest BCUT2D eigenvalue weighted by molar-refractivity contribution is 5.72. The van der Waals surface area contributed by atoms with Crippen molar-refractivity contribution in [2.75, 3.05) is 13.2 Å². The first kappa shape index (κ1) is 15.0. The van der Waals surface area contributed by atoms with Gasteiger partial charge in [0.15, 0.2) is 0 Å². The maximum absolute atomic E-state index is 11.7. The largest absolute Gasteiger partial charge is 0.466 e. The van der Waals surface area contributed by atoms with E-state index < -0.39 is 0 Å². The summed E-state index contributed by atoms with van der Waals surface area (Å²) in [4.78, 5) is 23.0. The Morgan fingerprint density at radius 2 is 1.83 bits per heavy atom. The molecule has 0 aromatic rings. The standard InChI is InChI=1S/C14H24O4/c1-3-17-13(15)9-8-11-6-5-7-12(10-11)14(16)18-4-2/h11-12H,3-10H2,1-2H3/t11-,12+/m0/s1. The van der Waals surface area contributed by atoms with E-state index in [1.54, 1.807) is 0 Å². The number of hydrogen-bond acceptors (Lipinski definition) is 4. The zero-order valence-corrected chi connectivity index (χ0v) is 11.4. The molecule has 0 heterocycles. The molecule has 0 amide bonds. The lowest BCUT2D eigenvalue weighted by molar-refractivity contribution is -0.149. The lowest BCUT2D eigenvalue weighted by Crippen LogP contribution is -2.25. The van der Waals surface area contributed by atoms with Crippen molar-refractivity contribution >= 4 is 11.9 Å². The minimum Gasteiger partial charge on any atom is -0.466 e. The summed E-state index contributed by atoms with van der Waals surface area (Å²) in [5, 5.41) is 0. The van der Waals surface area contributed by atoms with Crippen LogP contribution in [0.4, 0.5) is 0 Å². The van der Waals surface area contributed by atoms with Crippen LogP contribution < -0.4 is 0 Å². The van der Waals surface area contributed by atoms with Crippen molar-refractivity contribution in [2.24, 2.45) is 11.8 Å². The average molecular weight is 256 g/mol.